The van der Waals surface area contributed by atoms with Gasteiger partial charge in [-0.2, -0.15) is 5.26 Å². The summed E-state index contributed by atoms with van der Waals surface area (Å²) in [6, 6.07) is 6.68. The summed E-state index contributed by atoms with van der Waals surface area (Å²) >= 11 is 0. The molecular weight excluding hydrogens is 248 g/mol. The molecule has 0 amide bonds. The molecule has 2 fully saturated rings. The fourth-order valence-corrected chi connectivity index (χ4v) is 3.41. The van der Waals surface area contributed by atoms with Gasteiger partial charge in [0, 0.05) is 19.1 Å². The van der Waals surface area contributed by atoms with Gasteiger partial charge in [0.25, 0.3) is 0 Å². The molecule has 2 aliphatic heterocycles. The van der Waals surface area contributed by atoms with E-state index in [2.05, 4.69) is 20.9 Å². The number of anilines is 1. The highest BCUT2D eigenvalue weighted by molar-refractivity contribution is 5.46. The summed E-state index contributed by atoms with van der Waals surface area (Å²) in [6.07, 6.45) is 8.49. The van der Waals surface area contributed by atoms with E-state index in [0.717, 1.165) is 24.8 Å². The van der Waals surface area contributed by atoms with Crippen molar-refractivity contribution in [1.82, 2.24) is 9.88 Å². The lowest BCUT2D eigenvalue weighted by molar-refractivity contribution is 0.141. The molecule has 20 heavy (non-hydrogen) atoms. The van der Waals surface area contributed by atoms with Crippen LogP contribution in [0.2, 0.25) is 0 Å². The van der Waals surface area contributed by atoms with Crippen LogP contribution in [0, 0.1) is 11.3 Å². The van der Waals surface area contributed by atoms with Crippen molar-refractivity contribution in [2.45, 2.75) is 38.1 Å². The number of pyridine rings is 1. The summed E-state index contributed by atoms with van der Waals surface area (Å²) in [5, 5.41) is 8.79. The summed E-state index contributed by atoms with van der Waals surface area (Å²) in [4.78, 5) is 9.26. The van der Waals surface area contributed by atoms with Crippen molar-refractivity contribution in [3.8, 4) is 6.07 Å². The zero-order valence-corrected chi connectivity index (χ0v) is 12.0. The van der Waals surface area contributed by atoms with Crippen LogP contribution in [-0.2, 0) is 0 Å². The fraction of sp³-hybridized carbons (Fsp3) is 0.625. The lowest BCUT2D eigenvalue weighted by Crippen LogP contribution is -2.46. The van der Waals surface area contributed by atoms with E-state index in [-0.39, 0.29) is 0 Å². The third-order valence-electron chi connectivity index (χ3n) is 4.60. The average Bonchev–Trinajstić information content (AvgIpc) is 2.56. The number of aromatic nitrogens is 1. The molecule has 0 saturated carbocycles. The van der Waals surface area contributed by atoms with Gasteiger partial charge in [0.05, 0.1) is 11.9 Å². The number of nitrogens with zero attached hydrogens (tertiary/aromatic N) is 4. The normalized spacial score (nSPS) is 21.6. The molecule has 4 nitrogen and oxygen atoms in total. The van der Waals surface area contributed by atoms with Crippen molar-refractivity contribution >= 4 is 5.69 Å². The molecule has 0 N–H and O–H groups in total. The van der Waals surface area contributed by atoms with E-state index in [4.69, 9.17) is 5.26 Å². The molecule has 1 aromatic heterocycles. The van der Waals surface area contributed by atoms with E-state index in [9.17, 15) is 0 Å². The number of hydrogen-bond donors (Lipinski definition) is 0. The van der Waals surface area contributed by atoms with Gasteiger partial charge in [-0.3, -0.25) is 0 Å². The molecule has 1 aromatic rings. The molecule has 0 bridgehead atoms. The van der Waals surface area contributed by atoms with Crippen molar-refractivity contribution in [2.75, 3.05) is 31.1 Å². The first-order chi connectivity index (χ1) is 9.86. The molecule has 0 unspecified atom stereocenters. The lowest BCUT2D eigenvalue weighted by Gasteiger charge is -2.40. The number of rotatable bonds is 2. The Bertz CT molecular complexity index is 462. The first-order valence-corrected chi connectivity index (χ1v) is 7.72. The molecular formula is C16H22N4. The van der Waals surface area contributed by atoms with Gasteiger partial charge in [-0.25, -0.2) is 4.98 Å². The van der Waals surface area contributed by atoms with Crippen LogP contribution < -0.4 is 4.90 Å². The molecule has 4 heteroatoms. The molecule has 2 saturated heterocycles. The van der Waals surface area contributed by atoms with E-state index >= 15 is 0 Å². The predicted molar refractivity (Wildman–Crippen MR) is 79.6 cm³/mol. The Morgan fingerprint density at radius 3 is 2.40 bits per heavy atom. The van der Waals surface area contributed by atoms with E-state index < -0.39 is 0 Å². The van der Waals surface area contributed by atoms with Crippen molar-refractivity contribution in [2.24, 2.45) is 0 Å². The number of nitriles is 1. The Balaban J connectivity index is 1.56. The molecule has 0 spiro atoms. The molecule has 0 aliphatic carbocycles. The maximum atomic E-state index is 8.79. The fourth-order valence-electron chi connectivity index (χ4n) is 3.41. The minimum atomic E-state index is 0.497. The molecule has 2 aliphatic rings. The molecule has 0 aromatic carbocycles. The Kier molecular flexibility index (Phi) is 4.17. The Labute approximate surface area is 121 Å². The van der Waals surface area contributed by atoms with Crippen molar-refractivity contribution in [3.05, 3.63) is 24.0 Å². The van der Waals surface area contributed by atoms with Gasteiger partial charge in [-0.05, 0) is 50.9 Å². The van der Waals surface area contributed by atoms with Crippen molar-refractivity contribution < 1.29 is 0 Å². The Hall–Kier alpha value is -1.60. The first kappa shape index (κ1) is 13.4. The van der Waals surface area contributed by atoms with Gasteiger partial charge in [-0.1, -0.05) is 6.42 Å². The Morgan fingerprint density at radius 2 is 1.80 bits per heavy atom. The molecule has 0 radical (unpaired) electrons. The lowest BCUT2D eigenvalue weighted by atomic mass is 9.99. The van der Waals surface area contributed by atoms with Gasteiger partial charge in [-0.15, -0.1) is 0 Å². The highest BCUT2D eigenvalue weighted by atomic mass is 15.2. The minimum Gasteiger partial charge on any atom is -0.370 e. The maximum Gasteiger partial charge on any atom is 0.140 e. The van der Waals surface area contributed by atoms with Crippen LogP contribution in [-0.4, -0.2) is 42.1 Å². The van der Waals surface area contributed by atoms with Crippen LogP contribution in [0.15, 0.2) is 18.3 Å². The van der Waals surface area contributed by atoms with Gasteiger partial charge in [0.1, 0.15) is 11.8 Å². The minimum absolute atomic E-state index is 0.497. The van der Waals surface area contributed by atoms with Crippen LogP contribution in [0.4, 0.5) is 5.69 Å². The summed E-state index contributed by atoms with van der Waals surface area (Å²) in [5.74, 6) is 0. The molecule has 3 heterocycles. The summed E-state index contributed by atoms with van der Waals surface area (Å²) in [6.45, 7) is 4.80. The molecule has 106 valence electrons. The van der Waals surface area contributed by atoms with Gasteiger partial charge in [0.2, 0.25) is 0 Å². The maximum absolute atomic E-state index is 8.79. The second-order valence-corrected chi connectivity index (χ2v) is 5.83. The van der Waals surface area contributed by atoms with E-state index in [1.807, 2.05) is 18.3 Å². The smallest absolute Gasteiger partial charge is 0.140 e. The third kappa shape index (κ3) is 2.94. The van der Waals surface area contributed by atoms with Crippen LogP contribution >= 0.6 is 0 Å². The SMILES string of the molecule is N#Cc1ccc(N2CCC(N3CCCCC3)CC2)cn1. The standard InChI is InChI=1S/C16H22N4/c17-12-14-4-5-16(13-18-14)20-10-6-15(7-11-20)19-8-2-1-3-9-19/h4-5,13,15H,1-3,6-11H2. The quantitative estimate of drug-likeness (QED) is 0.827. The largest absolute Gasteiger partial charge is 0.370 e. The molecule has 0 atom stereocenters. The number of piperidine rings is 2. The Morgan fingerprint density at radius 1 is 1.05 bits per heavy atom. The predicted octanol–water partition coefficient (Wildman–Crippen LogP) is 2.41. The summed E-state index contributed by atoms with van der Waals surface area (Å²) in [7, 11) is 0. The zero-order chi connectivity index (χ0) is 13.8. The summed E-state index contributed by atoms with van der Waals surface area (Å²) in [5.41, 5.74) is 1.65. The number of hydrogen-bond acceptors (Lipinski definition) is 4. The third-order valence-corrected chi connectivity index (χ3v) is 4.60. The van der Waals surface area contributed by atoms with E-state index in [1.165, 1.54) is 45.2 Å². The van der Waals surface area contributed by atoms with Gasteiger partial charge >= 0.3 is 0 Å². The van der Waals surface area contributed by atoms with E-state index in [0.29, 0.717) is 5.69 Å². The summed E-state index contributed by atoms with van der Waals surface area (Å²) < 4.78 is 0. The monoisotopic (exact) mass is 270 g/mol. The average molecular weight is 270 g/mol. The highest BCUT2D eigenvalue weighted by Gasteiger charge is 2.25. The van der Waals surface area contributed by atoms with Gasteiger partial charge in [0.15, 0.2) is 0 Å². The second-order valence-electron chi connectivity index (χ2n) is 5.83. The highest BCUT2D eigenvalue weighted by Crippen LogP contribution is 2.24. The van der Waals surface area contributed by atoms with E-state index in [1.54, 1.807) is 0 Å². The number of likely N-dealkylation sites (tertiary alicyclic amines) is 1. The van der Waals surface area contributed by atoms with Crippen LogP contribution in [0.5, 0.6) is 0 Å². The van der Waals surface area contributed by atoms with Crippen LogP contribution in [0.25, 0.3) is 0 Å². The zero-order valence-electron chi connectivity index (χ0n) is 12.0. The second kappa shape index (κ2) is 6.23. The van der Waals surface area contributed by atoms with Crippen molar-refractivity contribution in [3.63, 3.8) is 0 Å². The van der Waals surface area contributed by atoms with Gasteiger partial charge < -0.3 is 9.80 Å². The van der Waals surface area contributed by atoms with Crippen molar-refractivity contribution in [1.29, 1.82) is 5.26 Å². The first-order valence-electron chi connectivity index (χ1n) is 7.72. The topological polar surface area (TPSA) is 43.2 Å². The van der Waals surface area contributed by atoms with Crippen LogP contribution in [0.1, 0.15) is 37.8 Å². The van der Waals surface area contributed by atoms with Crippen LogP contribution in [0.3, 0.4) is 0 Å². The molecule has 3 rings (SSSR count).